The smallest absolute Gasteiger partial charge is 0.254 e. The summed E-state index contributed by atoms with van der Waals surface area (Å²) in [7, 11) is 0. The number of carbonyl (C=O) groups excluding carboxylic acids is 1. The van der Waals surface area contributed by atoms with Gasteiger partial charge >= 0.3 is 0 Å². The maximum absolute atomic E-state index is 13.6. The third-order valence-corrected chi connectivity index (χ3v) is 6.00. The van der Waals surface area contributed by atoms with Crippen LogP contribution in [0.15, 0.2) is 47.1 Å². The molecule has 0 spiro atoms. The standard InChI is InChI=1S/C24H25N3O2/c1-15-11-16(13-18-5-4-10-29-18)23-20(12-15)22(19-6-2-3-7-21(19)26-23)24(28)27-9-8-17(25)14-27/h2-7,10,13,15,17H,8-9,11-12,14,25H2,1H3/b16-13-/t15?,17-/m1/s1. The molecule has 3 aromatic rings. The molecule has 2 aromatic heterocycles. The largest absolute Gasteiger partial charge is 0.465 e. The molecule has 148 valence electrons. The molecule has 0 saturated carbocycles. The lowest BCUT2D eigenvalue weighted by Gasteiger charge is -2.28. The minimum Gasteiger partial charge on any atom is -0.465 e. The Morgan fingerprint density at radius 2 is 2.10 bits per heavy atom. The first-order valence-electron chi connectivity index (χ1n) is 10.3. The minimum absolute atomic E-state index is 0.0659. The fourth-order valence-corrected chi connectivity index (χ4v) is 4.66. The number of fused-ring (bicyclic) bond motifs is 2. The summed E-state index contributed by atoms with van der Waals surface area (Å²) in [6.45, 7) is 3.57. The van der Waals surface area contributed by atoms with E-state index in [0.717, 1.165) is 64.9 Å². The number of carbonyl (C=O) groups is 1. The van der Waals surface area contributed by atoms with E-state index < -0.39 is 0 Å². The summed E-state index contributed by atoms with van der Waals surface area (Å²) in [6, 6.07) is 11.9. The highest BCUT2D eigenvalue weighted by Crippen LogP contribution is 2.39. The van der Waals surface area contributed by atoms with E-state index in [4.69, 9.17) is 15.1 Å². The summed E-state index contributed by atoms with van der Waals surface area (Å²) >= 11 is 0. The lowest BCUT2D eigenvalue weighted by Crippen LogP contribution is -2.33. The number of nitrogens with zero attached hydrogens (tertiary/aromatic N) is 2. The molecule has 3 heterocycles. The minimum atomic E-state index is 0.0659. The second kappa shape index (κ2) is 7.16. The highest BCUT2D eigenvalue weighted by Gasteiger charge is 2.32. The topological polar surface area (TPSA) is 72.4 Å². The van der Waals surface area contributed by atoms with Crippen LogP contribution in [0.1, 0.15) is 47.1 Å². The molecule has 2 N–H and O–H groups in total. The fraction of sp³-hybridized carbons (Fsp3) is 0.333. The summed E-state index contributed by atoms with van der Waals surface area (Å²) in [5.41, 5.74) is 10.9. The zero-order chi connectivity index (χ0) is 20.0. The van der Waals surface area contributed by atoms with Crippen LogP contribution >= 0.6 is 0 Å². The van der Waals surface area contributed by atoms with Crippen LogP contribution in [0.2, 0.25) is 0 Å². The summed E-state index contributed by atoms with van der Waals surface area (Å²) in [5, 5.41) is 0.933. The number of hydrogen-bond acceptors (Lipinski definition) is 4. The van der Waals surface area contributed by atoms with Gasteiger partial charge in [-0.2, -0.15) is 0 Å². The lowest BCUT2D eigenvalue weighted by atomic mass is 9.80. The van der Waals surface area contributed by atoms with Crippen LogP contribution in [-0.4, -0.2) is 34.9 Å². The predicted octanol–water partition coefficient (Wildman–Crippen LogP) is 4.12. The van der Waals surface area contributed by atoms with E-state index in [-0.39, 0.29) is 11.9 Å². The van der Waals surface area contributed by atoms with Crippen LogP contribution in [0, 0.1) is 5.92 Å². The molecule has 0 bridgehead atoms. The van der Waals surface area contributed by atoms with Crippen molar-refractivity contribution in [2.75, 3.05) is 13.1 Å². The molecule has 1 fully saturated rings. The summed E-state index contributed by atoms with van der Waals surface area (Å²) in [4.78, 5) is 20.5. The van der Waals surface area contributed by atoms with Crippen molar-refractivity contribution < 1.29 is 9.21 Å². The van der Waals surface area contributed by atoms with E-state index in [1.807, 2.05) is 41.3 Å². The third kappa shape index (κ3) is 3.25. The Bertz CT molecular complexity index is 1100. The number of para-hydroxylation sites is 1. The molecule has 5 rings (SSSR count). The van der Waals surface area contributed by atoms with Crippen LogP contribution in [0.4, 0.5) is 0 Å². The van der Waals surface area contributed by atoms with Gasteiger partial charge in [0.1, 0.15) is 5.76 Å². The maximum Gasteiger partial charge on any atom is 0.254 e. The molecule has 1 aliphatic carbocycles. The number of pyridine rings is 1. The Morgan fingerprint density at radius 1 is 1.24 bits per heavy atom. The normalized spacial score (nSPS) is 23.0. The van der Waals surface area contributed by atoms with Gasteiger partial charge in [-0.15, -0.1) is 0 Å². The summed E-state index contributed by atoms with van der Waals surface area (Å²) < 4.78 is 5.55. The van der Waals surface area contributed by atoms with E-state index in [1.165, 1.54) is 0 Å². The lowest BCUT2D eigenvalue weighted by molar-refractivity contribution is 0.0791. The predicted molar refractivity (Wildman–Crippen MR) is 114 cm³/mol. The Balaban J connectivity index is 1.72. The second-order valence-electron chi connectivity index (χ2n) is 8.33. The van der Waals surface area contributed by atoms with Crippen molar-refractivity contribution in [2.45, 2.75) is 32.2 Å². The van der Waals surface area contributed by atoms with Crippen LogP contribution < -0.4 is 5.73 Å². The Kier molecular flexibility index (Phi) is 4.47. The Morgan fingerprint density at radius 3 is 2.86 bits per heavy atom. The Hall–Kier alpha value is -2.92. The van der Waals surface area contributed by atoms with Gasteiger partial charge in [0.05, 0.1) is 23.0 Å². The number of benzene rings is 1. The molecular weight excluding hydrogens is 362 g/mol. The molecule has 5 heteroatoms. The number of aromatic nitrogens is 1. The average molecular weight is 387 g/mol. The van der Waals surface area contributed by atoms with E-state index >= 15 is 0 Å². The van der Waals surface area contributed by atoms with Crippen molar-refractivity contribution in [2.24, 2.45) is 11.7 Å². The number of furan rings is 1. The van der Waals surface area contributed by atoms with Crippen molar-refractivity contribution >= 4 is 28.5 Å². The van der Waals surface area contributed by atoms with Gasteiger partial charge in [-0.25, -0.2) is 4.98 Å². The third-order valence-electron chi connectivity index (χ3n) is 6.00. The number of likely N-dealkylation sites (tertiary alicyclic amines) is 1. The van der Waals surface area contributed by atoms with E-state index in [0.29, 0.717) is 12.5 Å². The number of amides is 1. The van der Waals surface area contributed by atoms with Gasteiger partial charge in [0.15, 0.2) is 0 Å². The summed E-state index contributed by atoms with van der Waals surface area (Å²) in [6.07, 6.45) is 6.37. The van der Waals surface area contributed by atoms with Gasteiger partial charge in [0.2, 0.25) is 0 Å². The van der Waals surface area contributed by atoms with Gasteiger partial charge in [-0.3, -0.25) is 4.79 Å². The highest BCUT2D eigenvalue weighted by molar-refractivity contribution is 6.09. The molecular formula is C24H25N3O2. The molecule has 29 heavy (non-hydrogen) atoms. The zero-order valence-electron chi connectivity index (χ0n) is 16.6. The van der Waals surface area contributed by atoms with E-state index in [1.54, 1.807) is 6.26 Å². The van der Waals surface area contributed by atoms with Gasteiger partial charge < -0.3 is 15.1 Å². The second-order valence-corrected chi connectivity index (χ2v) is 8.33. The Labute approximate surface area is 170 Å². The van der Waals surface area contributed by atoms with Crippen molar-refractivity contribution in [3.05, 3.63) is 65.2 Å². The number of nitrogens with two attached hydrogens (primary N) is 1. The van der Waals surface area contributed by atoms with Crippen molar-refractivity contribution in [1.82, 2.24) is 9.88 Å². The summed E-state index contributed by atoms with van der Waals surface area (Å²) in [5.74, 6) is 1.33. The fourth-order valence-electron chi connectivity index (χ4n) is 4.66. The number of rotatable bonds is 2. The van der Waals surface area contributed by atoms with Crippen molar-refractivity contribution in [3.63, 3.8) is 0 Å². The molecule has 1 aromatic carbocycles. The first-order chi connectivity index (χ1) is 14.1. The monoisotopic (exact) mass is 387 g/mol. The molecule has 0 radical (unpaired) electrons. The molecule has 1 aliphatic heterocycles. The SMILES string of the molecule is CC1C/C(=C/c2ccco2)c2nc3ccccc3c(C(=O)N3CC[C@@H](N)C3)c2C1. The molecule has 1 unspecified atom stereocenters. The van der Waals surface area contributed by atoms with Gasteiger partial charge in [-0.1, -0.05) is 25.1 Å². The average Bonchev–Trinajstić information content (AvgIpc) is 3.38. The first kappa shape index (κ1) is 18.1. The molecule has 2 atom stereocenters. The molecule has 1 amide bonds. The van der Waals surface area contributed by atoms with Crippen LogP contribution in [-0.2, 0) is 6.42 Å². The number of allylic oxidation sites excluding steroid dienone is 1. The zero-order valence-corrected chi connectivity index (χ0v) is 16.6. The van der Waals surface area contributed by atoms with E-state index in [9.17, 15) is 4.79 Å². The van der Waals surface area contributed by atoms with Gasteiger partial charge in [0.25, 0.3) is 5.91 Å². The molecule has 2 aliphatic rings. The van der Waals surface area contributed by atoms with Crippen LogP contribution in [0.3, 0.4) is 0 Å². The van der Waals surface area contributed by atoms with Gasteiger partial charge in [0, 0.05) is 24.5 Å². The molecule has 1 saturated heterocycles. The van der Waals surface area contributed by atoms with Gasteiger partial charge in [-0.05, 0) is 60.6 Å². The van der Waals surface area contributed by atoms with Crippen LogP contribution in [0.5, 0.6) is 0 Å². The van der Waals surface area contributed by atoms with E-state index in [2.05, 4.69) is 13.0 Å². The van der Waals surface area contributed by atoms with Crippen LogP contribution in [0.25, 0.3) is 22.6 Å². The first-order valence-corrected chi connectivity index (χ1v) is 10.3. The molecule has 5 nitrogen and oxygen atoms in total. The van der Waals surface area contributed by atoms with Crippen molar-refractivity contribution in [1.29, 1.82) is 0 Å². The highest BCUT2D eigenvalue weighted by atomic mass is 16.3. The quantitative estimate of drug-likeness (QED) is 0.718. The van der Waals surface area contributed by atoms with Crippen molar-refractivity contribution in [3.8, 4) is 0 Å². The number of hydrogen-bond donors (Lipinski definition) is 1. The maximum atomic E-state index is 13.6.